The molecule has 10 fully saturated rings. The van der Waals surface area contributed by atoms with Crippen molar-refractivity contribution in [2.45, 2.75) is 341 Å². The number of carbonyl (C=O) groups is 4. The fraction of sp³-hybridized carbons (Fsp3) is 0.941. The van der Waals surface area contributed by atoms with Gasteiger partial charge in [0.1, 0.15) is 238 Å². The van der Waals surface area contributed by atoms with Crippen LogP contribution in [0.4, 0.5) is 0 Å². The van der Waals surface area contributed by atoms with Gasteiger partial charge in [-0.15, -0.1) is 0 Å². The number of aliphatic hydroxyl groups is 27. The van der Waals surface area contributed by atoms with Gasteiger partial charge in [0, 0.05) is 27.7 Å². The van der Waals surface area contributed by atoms with Crippen LogP contribution in [0.15, 0.2) is 0 Å². The summed E-state index contributed by atoms with van der Waals surface area (Å²) in [6, 6.07) is -7.69. The van der Waals surface area contributed by atoms with E-state index in [1.54, 1.807) is 0 Å². The molecule has 54 heteroatoms. The SMILES string of the molecule is CC(=O)N[C@@H]1[C@H](O[C@@H]2[C@@H](O[C@@H]3[C@H](O)[C@H](O[C@H]4[C@H](O)[C@@H](NC(C)=O)[C@H](O[C@H]5[C@H](O)[C@@H](NC(C)=O)C(O)O[C@@H]5COC5O[C@@H](C)[C@@H](O)[C@@H](O)[C@@H]5O)O[C@@H]4CO)O[C@H](CO[C@H]4O[C@H](CO)[C@@H](O)[C@H](O)[C@@H]4O[C@@H]4O[C@H](CO)[C@@H](O[C@@H]5O[C@H](CO)[C@H](O)[C@H](O)[C@H]5O)[C@H](O)[C@H]4NC(C)=O)[C@H]3O)O[C@H](CO)[C@@H](O)[C@@H]2O)O[C@H](CO)[C@@H](O[C@@H]2O[C@H](CO)[C@H](O)[C@H](O)[C@H]2O)[C@@H]1O. The first-order chi connectivity index (χ1) is 57.7. The van der Waals surface area contributed by atoms with E-state index in [4.69, 9.17) is 90.0 Å². The third kappa shape index (κ3) is 22.0. The molecule has 2 unspecified atom stereocenters. The van der Waals surface area contributed by atoms with Crippen molar-refractivity contribution in [2.75, 3.05) is 59.5 Å². The van der Waals surface area contributed by atoms with Crippen LogP contribution in [-0.4, -0.2) is 528 Å². The number of hydrogen-bond donors (Lipinski definition) is 31. The molecule has 122 heavy (non-hydrogen) atoms. The monoisotopic (exact) mass is 1790 g/mol. The van der Waals surface area contributed by atoms with Gasteiger partial charge in [0.2, 0.25) is 23.6 Å². The van der Waals surface area contributed by atoms with Gasteiger partial charge in [0.25, 0.3) is 0 Å². The predicted octanol–water partition coefficient (Wildman–Crippen LogP) is -21.2. The van der Waals surface area contributed by atoms with Crippen molar-refractivity contribution >= 4 is 23.6 Å². The van der Waals surface area contributed by atoms with Crippen LogP contribution in [0.1, 0.15) is 34.6 Å². The highest BCUT2D eigenvalue weighted by molar-refractivity contribution is 5.74. The van der Waals surface area contributed by atoms with Crippen LogP contribution < -0.4 is 21.3 Å². The Morgan fingerprint density at radius 2 is 0.500 bits per heavy atom. The van der Waals surface area contributed by atoms with Crippen LogP contribution >= 0.6 is 0 Å². The lowest BCUT2D eigenvalue weighted by atomic mass is 9.93. The van der Waals surface area contributed by atoms with Gasteiger partial charge in [-0.1, -0.05) is 0 Å². The molecule has 0 aliphatic carbocycles. The summed E-state index contributed by atoms with van der Waals surface area (Å²) in [5.74, 6) is -3.76. The number of amides is 4. The summed E-state index contributed by atoms with van der Waals surface area (Å²) in [5.41, 5.74) is 0. The molecular formula is C68H114N4O50. The van der Waals surface area contributed by atoms with Crippen LogP contribution in [0, 0.1) is 0 Å². The zero-order valence-electron chi connectivity index (χ0n) is 65.7. The van der Waals surface area contributed by atoms with Crippen LogP contribution in [-0.2, 0) is 109 Å². The van der Waals surface area contributed by atoms with E-state index in [0.717, 1.165) is 27.7 Å². The standard InChI is InChI=1S/C68H114N4O50/c1-15-33(84)43(94)48(99)63(106-15)104-14-28-55(39(90)29(59(103)107-28)69-16(2)80)116-60-30(70-17(3)81)40(91)54(26(12-79)112-60)119-66-51(102)56(120-68-58(47(98)37(88)23(9-76)111-68)122-62-32(72-19(5)83)42(93)53(25(11-78)114-62)118-65-50(101)45(96)35(86)21(7-74)109-65)38(89)27(115-66)13-105-67-57(46(97)36(87)22(8-75)110-67)121-61-31(71-18(4)82)41(92)52(24(10-77)113-61)117-64-49(100)44(95)34(85)20(6-73)108-64/h15,20-68,73-79,84-103H,6-14H2,1-5H3,(H,69,80)(H,70,81)(H,71,82)(H,72,83)/t15-,20+,21+,22+,23+,24+,25+,26+,27+,28+,29+,30+,31+,32-,33+,34-,35-,36+,37+,38+,39+,40+,41+,42+,43+,44-,45-,46-,47-,48-,49+,50+,51-,52+,53+,54+,55+,56-,57-,58-,59?,60-,61-,62-,63?,64-,65-,66-,67-,68+/m0/s1. The summed E-state index contributed by atoms with van der Waals surface area (Å²) in [7, 11) is 0. The van der Waals surface area contributed by atoms with Gasteiger partial charge in [0.15, 0.2) is 62.9 Å². The van der Waals surface area contributed by atoms with Crippen molar-refractivity contribution in [1.29, 1.82) is 0 Å². The zero-order chi connectivity index (χ0) is 89.8. The molecule has 0 saturated carbocycles. The maximum atomic E-state index is 13.3. The molecule has 10 aliphatic heterocycles. The Bertz CT molecular complexity index is 3290. The lowest BCUT2D eigenvalue weighted by molar-refractivity contribution is -0.399. The quantitative estimate of drug-likeness (QED) is 0.0306. The third-order valence-corrected chi connectivity index (χ3v) is 22.4. The zero-order valence-corrected chi connectivity index (χ0v) is 65.7. The number of carbonyl (C=O) groups excluding carboxylic acids is 4. The topological polar surface area (TPSA) is 838 Å². The molecule has 706 valence electrons. The first kappa shape index (κ1) is 100. The highest BCUT2D eigenvalue weighted by Gasteiger charge is 2.62. The number of nitrogens with one attached hydrogen (secondary N) is 4. The summed E-state index contributed by atoms with van der Waals surface area (Å²) in [5, 5.41) is 310. The van der Waals surface area contributed by atoms with E-state index in [1.165, 1.54) is 6.92 Å². The average molecular weight is 1790 g/mol. The van der Waals surface area contributed by atoms with E-state index >= 15 is 0 Å². The van der Waals surface area contributed by atoms with Crippen LogP contribution in [0.25, 0.3) is 0 Å². The summed E-state index contributed by atoms with van der Waals surface area (Å²) < 4.78 is 113. The fourth-order valence-electron chi connectivity index (χ4n) is 15.8. The average Bonchev–Trinajstić information content (AvgIpc) is 0.775. The van der Waals surface area contributed by atoms with Gasteiger partial charge in [-0.05, 0) is 6.92 Å². The minimum absolute atomic E-state index is 0.846. The molecule has 0 aromatic rings. The van der Waals surface area contributed by atoms with Crippen molar-refractivity contribution in [3.63, 3.8) is 0 Å². The first-order valence-corrected chi connectivity index (χ1v) is 39.0. The van der Waals surface area contributed by atoms with Crippen LogP contribution in [0.2, 0.25) is 0 Å². The Kier molecular flexibility index (Phi) is 35.8. The Morgan fingerprint density at radius 1 is 0.230 bits per heavy atom. The number of aliphatic hydroxyl groups excluding tert-OH is 27. The summed E-state index contributed by atoms with van der Waals surface area (Å²) >= 11 is 0. The Labute approximate surface area is 691 Å². The van der Waals surface area contributed by atoms with Gasteiger partial charge >= 0.3 is 0 Å². The highest BCUT2D eigenvalue weighted by Crippen LogP contribution is 2.41. The van der Waals surface area contributed by atoms with Crippen LogP contribution in [0.3, 0.4) is 0 Å². The second kappa shape index (κ2) is 43.6. The molecule has 10 rings (SSSR count). The van der Waals surface area contributed by atoms with E-state index in [9.17, 15) is 157 Å². The molecule has 0 spiro atoms. The van der Waals surface area contributed by atoms with Crippen molar-refractivity contribution in [3.05, 3.63) is 0 Å². The highest BCUT2D eigenvalue weighted by atomic mass is 16.8. The number of hydrogen-bond acceptors (Lipinski definition) is 50. The van der Waals surface area contributed by atoms with Gasteiger partial charge in [0.05, 0.1) is 65.6 Å². The maximum absolute atomic E-state index is 13.3. The van der Waals surface area contributed by atoms with E-state index in [1.807, 2.05) is 0 Å². The van der Waals surface area contributed by atoms with Crippen molar-refractivity contribution in [1.82, 2.24) is 21.3 Å². The predicted molar refractivity (Wildman–Crippen MR) is 375 cm³/mol. The molecule has 0 aromatic carbocycles. The molecule has 4 amide bonds. The van der Waals surface area contributed by atoms with Crippen LogP contribution in [0.5, 0.6) is 0 Å². The van der Waals surface area contributed by atoms with E-state index in [2.05, 4.69) is 21.3 Å². The number of rotatable bonds is 31. The van der Waals surface area contributed by atoms with E-state index in [0.29, 0.717) is 0 Å². The molecule has 10 saturated heterocycles. The van der Waals surface area contributed by atoms with Gasteiger partial charge in [-0.2, -0.15) is 0 Å². The maximum Gasteiger partial charge on any atom is 0.217 e. The van der Waals surface area contributed by atoms with Gasteiger partial charge in [-0.3, -0.25) is 19.2 Å². The third-order valence-electron chi connectivity index (χ3n) is 22.4. The number of ether oxygens (including phenoxy) is 19. The summed E-state index contributed by atoms with van der Waals surface area (Å²) in [4.78, 5) is 51.6. The van der Waals surface area contributed by atoms with Crippen molar-refractivity contribution in [3.8, 4) is 0 Å². The van der Waals surface area contributed by atoms with Gasteiger partial charge in [-0.25, -0.2) is 0 Å². The first-order valence-electron chi connectivity index (χ1n) is 39.0. The molecule has 10 heterocycles. The lowest BCUT2D eigenvalue weighted by Gasteiger charge is -2.51. The minimum atomic E-state index is -2.63. The van der Waals surface area contributed by atoms with Crippen molar-refractivity contribution < 1.29 is 247 Å². The molecule has 0 radical (unpaired) electrons. The molecular weight excluding hydrogens is 1670 g/mol. The second-order valence-electron chi connectivity index (χ2n) is 31.0. The molecule has 50 atom stereocenters. The summed E-state index contributed by atoms with van der Waals surface area (Å²) in [6.45, 7) is -4.83. The van der Waals surface area contributed by atoms with E-state index in [-0.39, 0.29) is 0 Å². The minimum Gasteiger partial charge on any atom is -0.394 e. The van der Waals surface area contributed by atoms with Crippen molar-refractivity contribution in [2.24, 2.45) is 0 Å². The van der Waals surface area contributed by atoms with Gasteiger partial charge < -0.3 is 249 Å². The smallest absolute Gasteiger partial charge is 0.217 e. The molecule has 10 aliphatic rings. The summed E-state index contributed by atoms with van der Waals surface area (Å²) in [6.07, 6.45) is -95.2. The molecule has 0 bridgehead atoms. The Morgan fingerprint density at radius 3 is 0.893 bits per heavy atom. The van der Waals surface area contributed by atoms with E-state index < -0.39 is 390 Å². The largest absolute Gasteiger partial charge is 0.394 e. The lowest BCUT2D eigenvalue weighted by Crippen LogP contribution is -2.71. The fourth-order valence-corrected chi connectivity index (χ4v) is 15.8. The molecule has 54 nitrogen and oxygen atoms in total. The molecule has 31 N–H and O–H groups in total. The normalized spacial score (nSPS) is 49.7. The Balaban J connectivity index is 0.983. The Hall–Kier alpha value is -3.96. The molecule has 0 aromatic heterocycles. The second-order valence-corrected chi connectivity index (χ2v) is 31.0.